The minimum atomic E-state index is -0.870. The Labute approximate surface area is 164 Å². The molecule has 3 rings (SSSR count). The average molecular weight is 407 g/mol. The molecule has 0 aliphatic carbocycles. The van der Waals surface area contributed by atoms with Gasteiger partial charge in [-0.3, -0.25) is 14.9 Å². The predicted octanol–water partition coefficient (Wildman–Crippen LogP) is 3.01. The Morgan fingerprint density at radius 3 is 2.75 bits per heavy atom. The van der Waals surface area contributed by atoms with Crippen molar-refractivity contribution in [1.29, 1.82) is 0 Å². The highest BCUT2D eigenvalue weighted by atomic mass is 35.5. The number of carbonyl (C=O) groups is 2. The number of amides is 1. The Hall–Kier alpha value is -3.33. The Balaban J connectivity index is 1.56. The highest BCUT2D eigenvalue weighted by Gasteiger charge is 2.19. The molecule has 0 spiro atoms. The molecule has 0 saturated heterocycles. The van der Waals surface area contributed by atoms with E-state index in [-0.39, 0.29) is 23.4 Å². The lowest BCUT2D eigenvalue weighted by Crippen LogP contribution is -2.31. The van der Waals surface area contributed by atoms with Crippen molar-refractivity contribution in [1.82, 2.24) is 5.32 Å². The van der Waals surface area contributed by atoms with E-state index >= 15 is 0 Å². The molecule has 1 N–H and O–H groups in total. The standard InChI is InChI=1S/C18H15ClN2O7/c1-10(11-3-5-15-16(7-11)28-9-27-15)20-17(22)8-26-18(23)12-2-4-13(19)14(6-12)21(24)25/h2-7,10H,8-9H2,1H3,(H,20,22)/t10-/m0/s1. The van der Waals surface area contributed by atoms with E-state index in [1.807, 2.05) is 0 Å². The summed E-state index contributed by atoms with van der Waals surface area (Å²) in [6.07, 6.45) is 0. The lowest BCUT2D eigenvalue weighted by molar-refractivity contribution is -0.384. The summed E-state index contributed by atoms with van der Waals surface area (Å²) in [6, 6.07) is 8.43. The molecule has 2 aromatic rings. The molecule has 0 radical (unpaired) electrons. The van der Waals surface area contributed by atoms with Crippen molar-refractivity contribution < 1.29 is 28.7 Å². The van der Waals surface area contributed by atoms with Gasteiger partial charge in [-0.25, -0.2) is 4.79 Å². The number of fused-ring (bicyclic) bond motifs is 1. The van der Waals surface area contributed by atoms with Gasteiger partial charge >= 0.3 is 5.97 Å². The van der Waals surface area contributed by atoms with Crippen LogP contribution in [-0.4, -0.2) is 30.2 Å². The zero-order valence-electron chi connectivity index (χ0n) is 14.6. The number of ether oxygens (including phenoxy) is 3. The van der Waals surface area contributed by atoms with Crippen molar-refractivity contribution in [2.45, 2.75) is 13.0 Å². The minimum Gasteiger partial charge on any atom is -0.454 e. The van der Waals surface area contributed by atoms with Crippen molar-refractivity contribution in [3.8, 4) is 11.5 Å². The van der Waals surface area contributed by atoms with Crippen LogP contribution in [0.3, 0.4) is 0 Å². The lowest BCUT2D eigenvalue weighted by atomic mass is 10.1. The molecular weight excluding hydrogens is 392 g/mol. The first-order valence-corrected chi connectivity index (χ1v) is 8.53. The van der Waals surface area contributed by atoms with Crippen LogP contribution in [0.1, 0.15) is 28.9 Å². The molecule has 0 saturated carbocycles. The highest BCUT2D eigenvalue weighted by Crippen LogP contribution is 2.34. The Morgan fingerprint density at radius 2 is 2.00 bits per heavy atom. The second-order valence-electron chi connectivity index (χ2n) is 5.90. The van der Waals surface area contributed by atoms with E-state index in [1.165, 1.54) is 12.1 Å². The molecule has 28 heavy (non-hydrogen) atoms. The van der Waals surface area contributed by atoms with E-state index in [4.69, 9.17) is 25.8 Å². The van der Waals surface area contributed by atoms with Crippen molar-refractivity contribution in [3.05, 3.63) is 62.7 Å². The zero-order valence-corrected chi connectivity index (χ0v) is 15.4. The average Bonchev–Trinajstić information content (AvgIpc) is 3.14. The first kappa shape index (κ1) is 19.4. The SMILES string of the molecule is C[C@H](NC(=O)COC(=O)c1ccc(Cl)c([N+](=O)[O-])c1)c1ccc2c(c1)OCO2. The fraction of sp³-hybridized carbons (Fsp3) is 0.222. The van der Waals surface area contributed by atoms with Crippen LogP contribution in [-0.2, 0) is 9.53 Å². The molecule has 0 bridgehead atoms. The molecule has 1 aliphatic heterocycles. The Morgan fingerprint density at radius 1 is 1.25 bits per heavy atom. The fourth-order valence-electron chi connectivity index (χ4n) is 2.54. The van der Waals surface area contributed by atoms with Gasteiger partial charge in [0, 0.05) is 6.07 Å². The minimum absolute atomic E-state index is 0.0762. The maximum Gasteiger partial charge on any atom is 0.338 e. The maximum absolute atomic E-state index is 12.1. The van der Waals surface area contributed by atoms with Crippen LogP contribution in [0, 0.1) is 10.1 Å². The van der Waals surface area contributed by atoms with Crippen LogP contribution in [0.4, 0.5) is 5.69 Å². The summed E-state index contributed by atoms with van der Waals surface area (Å²) >= 11 is 5.70. The Kier molecular flexibility index (Phi) is 5.65. The third kappa shape index (κ3) is 4.32. The van der Waals surface area contributed by atoms with E-state index in [2.05, 4.69) is 5.32 Å². The van der Waals surface area contributed by atoms with Gasteiger partial charge in [-0.15, -0.1) is 0 Å². The zero-order chi connectivity index (χ0) is 20.3. The normalized spacial score (nSPS) is 12.9. The molecule has 2 aromatic carbocycles. The molecule has 1 atom stereocenters. The highest BCUT2D eigenvalue weighted by molar-refractivity contribution is 6.32. The molecule has 10 heteroatoms. The fourth-order valence-corrected chi connectivity index (χ4v) is 2.73. The summed E-state index contributed by atoms with van der Waals surface area (Å²) in [7, 11) is 0. The number of nitro benzene ring substituents is 1. The number of hydrogen-bond donors (Lipinski definition) is 1. The van der Waals surface area contributed by atoms with Crippen LogP contribution in [0.5, 0.6) is 11.5 Å². The van der Waals surface area contributed by atoms with Gasteiger partial charge in [-0.1, -0.05) is 17.7 Å². The summed E-state index contributed by atoms with van der Waals surface area (Å²) in [5, 5.41) is 13.5. The van der Waals surface area contributed by atoms with Gasteiger partial charge in [-0.05, 0) is 36.8 Å². The number of nitro groups is 1. The number of esters is 1. The molecule has 0 fully saturated rings. The quantitative estimate of drug-likeness (QED) is 0.445. The van der Waals surface area contributed by atoms with E-state index in [0.717, 1.165) is 11.6 Å². The number of benzene rings is 2. The van der Waals surface area contributed by atoms with E-state index < -0.39 is 29.1 Å². The van der Waals surface area contributed by atoms with Gasteiger partial charge in [0.1, 0.15) is 5.02 Å². The molecule has 0 unspecified atom stereocenters. The maximum atomic E-state index is 12.1. The van der Waals surface area contributed by atoms with Gasteiger partial charge < -0.3 is 19.5 Å². The summed E-state index contributed by atoms with van der Waals surface area (Å²) in [4.78, 5) is 34.2. The van der Waals surface area contributed by atoms with Crippen molar-refractivity contribution >= 4 is 29.2 Å². The van der Waals surface area contributed by atoms with Gasteiger partial charge in [0.05, 0.1) is 16.5 Å². The molecule has 9 nitrogen and oxygen atoms in total. The van der Waals surface area contributed by atoms with Gasteiger partial charge in [0.2, 0.25) is 6.79 Å². The second-order valence-corrected chi connectivity index (χ2v) is 6.31. The number of nitrogens with one attached hydrogen (secondary N) is 1. The Bertz CT molecular complexity index is 948. The molecule has 1 aliphatic rings. The lowest BCUT2D eigenvalue weighted by Gasteiger charge is -2.15. The monoisotopic (exact) mass is 406 g/mol. The molecular formula is C18H15ClN2O7. The van der Waals surface area contributed by atoms with E-state index in [9.17, 15) is 19.7 Å². The summed E-state index contributed by atoms with van der Waals surface area (Å²) in [5.41, 5.74) is 0.293. The number of hydrogen-bond acceptors (Lipinski definition) is 7. The number of carbonyl (C=O) groups excluding carboxylic acids is 2. The summed E-state index contributed by atoms with van der Waals surface area (Å²) < 4.78 is 15.4. The molecule has 146 valence electrons. The topological polar surface area (TPSA) is 117 Å². The van der Waals surface area contributed by atoms with Crippen LogP contribution in [0.15, 0.2) is 36.4 Å². The van der Waals surface area contributed by atoms with Gasteiger partial charge in [-0.2, -0.15) is 0 Å². The number of halogens is 1. The smallest absolute Gasteiger partial charge is 0.338 e. The molecule has 1 heterocycles. The largest absolute Gasteiger partial charge is 0.454 e. The molecule has 1 amide bonds. The third-order valence-electron chi connectivity index (χ3n) is 3.99. The second kappa shape index (κ2) is 8.13. The van der Waals surface area contributed by atoms with Crippen molar-refractivity contribution in [2.75, 3.05) is 13.4 Å². The molecule has 0 aromatic heterocycles. The number of rotatable bonds is 6. The summed E-state index contributed by atoms with van der Waals surface area (Å²) in [5.74, 6) is -0.171. The van der Waals surface area contributed by atoms with Crippen molar-refractivity contribution in [3.63, 3.8) is 0 Å². The van der Waals surface area contributed by atoms with E-state index in [1.54, 1.807) is 25.1 Å². The first-order valence-electron chi connectivity index (χ1n) is 8.15. The van der Waals surface area contributed by atoms with Gasteiger partial charge in [0.15, 0.2) is 18.1 Å². The van der Waals surface area contributed by atoms with Crippen molar-refractivity contribution in [2.24, 2.45) is 0 Å². The number of nitrogens with zero attached hydrogens (tertiary/aromatic N) is 1. The van der Waals surface area contributed by atoms with Gasteiger partial charge in [0.25, 0.3) is 11.6 Å². The van der Waals surface area contributed by atoms with Crippen LogP contribution < -0.4 is 14.8 Å². The summed E-state index contributed by atoms with van der Waals surface area (Å²) in [6.45, 7) is 1.38. The first-order chi connectivity index (χ1) is 13.3. The third-order valence-corrected chi connectivity index (χ3v) is 4.31. The van der Waals surface area contributed by atoms with Crippen LogP contribution >= 0.6 is 11.6 Å². The predicted molar refractivity (Wildman–Crippen MR) is 97.5 cm³/mol. The van der Waals surface area contributed by atoms with Crippen LogP contribution in [0.25, 0.3) is 0 Å². The van der Waals surface area contributed by atoms with E-state index in [0.29, 0.717) is 11.5 Å². The van der Waals surface area contributed by atoms with Crippen LogP contribution in [0.2, 0.25) is 5.02 Å².